The van der Waals surface area contributed by atoms with Crippen molar-refractivity contribution in [2.24, 2.45) is 0 Å². The highest BCUT2D eigenvalue weighted by Gasteiger charge is 2.12. The summed E-state index contributed by atoms with van der Waals surface area (Å²) in [4.78, 5) is 16.4. The van der Waals surface area contributed by atoms with Gasteiger partial charge in [0.2, 0.25) is 5.82 Å². The van der Waals surface area contributed by atoms with Crippen LogP contribution >= 0.6 is 0 Å². The molecule has 0 bridgehead atoms. The van der Waals surface area contributed by atoms with E-state index in [1.54, 1.807) is 0 Å². The number of nitrogens with zero attached hydrogens (tertiary/aromatic N) is 4. The lowest BCUT2D eigenvalue weighted by molar-refractivity contribution is 0.613. The van der Waals surface area contributed by atoms with Crippen LogP contribution < -0.4 is 0 Å². The number of para-hydroxylation sites is 2. The number of H-pyrrole nitrogens is 2. The van der Waals surface area contributed by atoms with Crippen LogP contribution in [0.5, 0.6) is 0 Å². The minimum absolute atomic E-state index is 0.416. The summed E-state index contributed by atoms with van der Waals surface area (Å²) < 4.78 is 5.69. The van der Waals surface area contributed by atoms with Crippen molar-refractivity contribution in [3.8, 4) is 23.1 Å². The molecule has 3 heterocycles. The van der Waals surface area contributed by atoms with E-state index >= 15 is 0 Å². The van der Waals surface area contributed by atoms with Gasteiger partial charge in [0.15, 0.2) is 5.58 Å². The van der Waals surface area contributed by atoms with Crippen molar-refractivity contribution < 1.29 is 4.42 Å². The molecule has 0 spiro atoms. The zero-order valence-corrected chi connectivity index (χ0v) is 11.8. The van der Waals surface area contributed by atoms with Crippen LogP contribution in [0.2, 0.25) is 0 Å². The van der Waals surface area contributed by atoms with Gasteiger partial charge in [0, 0.05) is 5.56 Å². The Kier molecular flexibility index (Phi) is 2.37. The highest BCUT2D eigenvalue weighted by Crippen LogP contribution is 2.27. The van der Waals surface area contributed by atoms with Gasteiger partial charge in [0.1, 0.15) is 17.7 Å². The van der Waals surface area contributed by atoms with Gasteiger partial charge in [-0.15, -0.1) is 0 Å². The molecule has 23 heavy (non-hydrogen) atoms. The van der Waals surface area contributed by atoms with E-state index in [0.29, 0.717) is 17.3 Å². The summed E-state index contributed by atoms with van der Waals surface area (Å²) in [6.45, 7) is 0. The normalized spacial score (nSPS) is 11.5. The van der Waals surface area contributed by atoms with Gasteiger partial charge < -0.3 is 9.40 Å². The third-order valence-electron chi connectivity index (χ3n) is 3.67. The van der Waals surface area contributed by atoms with Gasteiger partial charge in [-0.3, -0.25) is 5.10 Å². The zero-order valence-electron chi connectivity index (χ0n) is 11.8. The Morgan fingerprint density at radius 2 is 1.87 bits per heavy atom. The van der Waals surface area contributed by atoms with E-state index in [1.807, 2.05) is 42.5 Å². The molecule has 0 fully saturated rings. The molecule has 2 N–H and O–H groups in total. The second-order valence-corrected chi connectivity index (χ2v) is 5.14. The lowest BCUT2D eigenvalue weighted by Crippen LogP contribution is -1.81. The number of nitrogens with one attached hydrogen (secondary N) is 2. The summed E-state index contributed by atoms with van der Waals surface area (Å²) in [6.07, 6.45) is 1.42. The number of fused-ring (bicyclic) bond motifs is 2. The molecule has 110 valence electrons. The van der Waals surface area contributed by atoms with Gasteiger partial charge in [0.25, 0.3) is 5.89 Å². The van der Waals surface area contributed by atoms with Crippen LogP contribution in [0.4, 0.5) is 0 Å². The molecule has 0 saturated heterocycles. The third-order valence-corrected chi connectivity index (χ3v) is 3.67. The van der Waals surface area contributed by atoms with Gasteiger partial charge in [-0.25, -0.2) is 15.0 Å². The molecule has 0 unspecified atom stereocenters. The number of oxazole rings is 1. The predicted octanol–water partition coefficient (Wildman–Crippen LogP) is 3.16. The summed E-state index contributed by atoms with van der Waals surface area (Å²) in [5.74, 6) is 1.73. The van der Waals surface area contributed by atoms with Gasteiger partial charge in [-0.2, -0.15) is 5.10 Å². The molecule has 0 amide bonds. The maximum Gasteiger partial charge on any atom is 0.265 e. The number of benzene rings is 2. The van der Waals surface area contributed by atoms with Gasteiger partial charge in [0.05, 0.1) is 11.0 Å². The van der Waals surface area contributed by atoms with Crippen molar-refractivity contribution in [3.05, 3.63) is 48.8 Å². The molecule has 0 atom stereocenters. The number of hydrogen-bond donors (Lipinski definition) is 2. The molecule has 0 radical (unpaired) electrons. The fourth-order valence-electron chi connectivity index (χ4n) is 2.57. The molecule has 7 heteroatoms. The van der Waals surface area contributed by atoms with E-state index in [4.69, 9.17) is 4.42 Å². The Balaban J connectivity index is 1.64. The minimum atomic E-state index is 0.416. The summed E-state index contributed by atoms with van der Waals surface area (Å²) >= 11 is 0. The van der Waals surface area contributed by atoms with Crippen molar-refractivity contribution in [1.29, 1.82) is 0 Å². The minimum Gasteiger partial charge on any atom is -0.434 e. The Labute approximate surface area is 129 Å². The van der Waals surface area contributed by atoms with E-state index in [-0.39, 0.29) is 0 Å². The monoisotopic (exact) mass is 302 g/mol. The molecule has 0 aliphatic carbocycles. The molecule has 0 saturated carbocycles. The van der Waals surface area contributed by atoms with E-state index in [1.165, 1.54) is 6.33 Å². The van der Waals surface area contributed by atoms with E-state index in [2.05, 4.69) is 30.1 Å². The first-order chi connectivity index (χ1) is 11.4. The van der Waals surface area contributed by atoms with Crippen molar-refractivity contribution >= 4 is 22.1 Å². The summed E-state index contributed by atoms with van der Waals surface area (Å²) in [7, 11) is 0. The lowest BCUT2D eigenvalue weighted by atomic mass is 10.2. The van der Waals surface area contributed by atoms with E-state index < -0.39 is 0 Å². The molecule has 3 aromatic heterocycles. The van der Waals surface area contributed by atoms with Gasteiger partial charge >= 0.3 is 0 Å². The van der Waals surface area contributed by atoms with Crippen LogP contribution in [-0.4, -0.2) is 30.1 Å². The van der Waals surface area contributed by atoms with Crippen LogP contribution in [0.1, 0.15) is 0 Å². The topological polar surface area (TPSA) is 96.3 Å². The predicted molar refractivity (Wildman–Crippen MR) is 84.5 cm³/mol. The van der Waals surface area contributed by atoms with Crippen molar-refractivity contribution in [2.75, 3.05) is 0 Å². The number of rotatable bonds is 2. The molecule has 5 aromatic rings. The molecule has 7 nitrogen and oxygen atoms in total. The van der Waals surface area contributed by atoms with Crippen LogP contribution in [0.25, 0.3) is 45.2 Å². The molecule has 2 aromatic carbocycles. The fraction of sp³-hybridized carbons (Fsp3) is 0. The van der Waals surface area contributed by atoms with Crippen LogP contribution in [0.15, 0.2) is 53.2 Å². The first kappa shape index (κ1) is 12.1. The highest BCUT2D eigenvalue weighted by molar-refractivity contribution is 5.84. The van der Waals surface area contributed by atoms with Crippen LogP contribution in [0, 0.1) is 0 Å². The van der Waals surface area contributed by atoms with E-state index in [9.17, 15) is 0 Å². The average molecular weight is 302 g/mol. The first-order valence-electron chi connectivity index (χ1n) is 7.08. The Morgan fingerprint density at radius 3 is 2.74 bits per heavy atom. The van der Waals surface area contributed by atoms with Crippen molar-refractivity contribution in [1.82, 2.24) is 30.1 Å². The smallest absolute Gasteiger partial charge is 0.265 e. The second kappa shape index (κ2) is 4.51. The average Bonchev–Trinajstić information content (AvgIpc) is 3.31. The fourth-order valence-corrected chi connectivity index (χ4v) is 2.57. The molecule has 0 aliphatic heterocycles. The largest absolute Gasteiger partial charge is 0.434 e. The molecular formula is C16H10N6O. The molecule has 5 rings (SSSR count). The van der Waals surface area contributed by atoms with Crippen LogP contribution in [-0.2, 0) is 0 Å². The van der Waals surface area contributed by atoms with Gasteiger partial charge in [-0.1, -0.05) is 12.1 Å². The maximum atomic E-state index is 5.69. The second-order valence-electron chi connectivity index (χ2n) is 5.14. The first-order valence-corrected chi connectivity index (χ1v) is 7.08. The summed E-state index contributed by atoms with van der Waals surface area (Å²) in [5.41, 5.74) is 4.33. The van der Waals surface area contributed by atoms with Crippen LogP contribution in [0.3, 0.4) is 0 Å². The maximum absolute atomic E-state index is 5.69. The SMILES string of the molecule is c1ccc2[nH]c(-c3ccc4oc(-c5ncn[nH]5)nc4c3)nc2c1. The highest BCUT2D eigenvalue weighted by atomic mass is 16.3. The quantitative estimate of drug-likeness (QED) is 0.522. The van der Waals surface area contributed by atoms with Gasteiger partial charge in [-0.05, 0) is 30.3 Å². The van der Waals surface area contributed by atoms with Crippen molar-refractivity contribution in [3.63, 3.8) is 0 Å². The number of aromatic nitrogens is 6. The Hall–Kier alpha value is -3.48. The summed E-state index contributed by atoms with van der Waals surface area (Å²) in [5, 5.41) is 6.55. The standard InChI is InChI=1S/C16H10N6O/c1-2-4-11-10(3-1)19-14(20-11)9-5-6-13-12(7-9)21-16(23-13)15-17-8-18-22-15/h1-8H,(H,19,20)(H,17,18,22). The number of hydrogen-bond acceptors (Lipinski definition) is 5. The molecular weight excluding hydrogens is 292 g/mol. The zero-order chi connectivity index (χ0) is 15.2. The van der Waals surface area contributed by atoms with Crippen molar-refractivity contribution in [2.45, 2.75) is 0 Å². The summed E-state index contributed by atoms with van der Waals surface area (Å²) in [6, 6.07) is 13.7. The van der Waals surface area contributed by atoms with E-state index in [0.717, 1.165) is 27.9 Å². The number of aromatic amines is 2. The lowest BCUT2D eigenvalue weighted by Gasteiger charge is -1.95. The number of imidazole rings is 1. The molecule has 0 aliphatic rings. The Bertz CT molecular complexity index is 1090. The third kappa shape index (κ3) is 1.90. The Morgan fingerprint density at radius 1 is 0.913 bits per heavy atom.